The molecule has 19 heavy (non-hydrogen) atoms. The van der Waals surface area contributed by atoms with Crippen LogP contribution in [0.4, 0.5) is 5.69 Å². The Morgan fingerprint density at radius 2 is 1.58 bits per heavy atom. The van der Waals surface area contributed by atoms with Gasteiger partial charge in [0.05, 0.1) is 5.69 Å². The van der Waals surface area contributed by atoms with Gasteiger partial charge in [-0.1, -0.05) is 44.2 Å². The number of anilines is 1. The van der Waals surface area contributed by atoms with Crippen LogP contribution in [0.2, 0.25) is 0 Å². The minimum absolute atomic E-state index is 0.0749. The minimum Gasteiger partial charge on any atom is -0.392 e. The van der Waals surface area contributed by atoms with Crippen LogP contribution in [-0.4, -0.2) is 9.36 Å². The van der Waals surface area contributed by atoms with E-state index >= 15 is 0 Å². The van der Waals surface area contributed by atoms with Crippen LogP contribution in [0.3, 0.4) is 0 Å². The number of nitrogens with two attached hydrogens (primary N) is 1. The third kappa shape index (κ3) is 2.43. The predicted octanol–water partition coefficient (Wildman–Crippen LogP) is 2.72. The first-order chi connectivity index (χ1) is 9.20. The van der Waals surface area contributed by atoms with Gasteiger partial charge in [0.1, 0.15) is 5.69 Å². The maximum Gasteiger partial charge on any atom is 0.290 e. The molecule has 0 radical (unpaired) electrons. The van der Waals surface area contributed by atoms with Gasteiger partial charge in [-0.25, -0.2) is 4.68 Å². The molecule has 1 aromatic heterocycles. The average Bonchev–Trinajstić information content (AvgIpc) is 2.66. The summed E-state index contributed by atoms with van der Waals surface area (Å²) in [7, 11) is 0. The zero-order valence-electron chi connectivity index (χ0n) is 11.6. The molecule has 1 aromatic carbocycles. The van der Waals surface area contributed by atoms with E-state index in [2.05, 4.69) is 13.8 Å². The van der Waals surface area contributed by atoms with Gasteiger partial charge in [-0.05, 0) is 12.8 Å². The summed E-state index contributed by atoms with van der Waals surface area (Å²) in [4.78, 5) is 12.3. The molecule has 0 spiro atoms. The summed E-state index contributed by atoms with van der Waals surface area (Å²) < 4.78 is 3.79. The summed E-state index contributed by atoms with van der Waals surface area (Å²) in [5.74, 6) is 0. The van der Waals surface area contributed by atoms with E-state index < -0.39 is 0 Å². The number of rotatable bonds is 5. The van der Waals surface area contributed by atoms with E-state index in [4.69, 9.17) is 5.73 Å². The van der Waals surface area contributed by atoms with Crippen molar-refractivity contribution in [2.24, 2.45) is 0 Å². The number of nitrogens with zero attached hydrogens (tertiary/aromatic N) is 2. The Balaban J connectivity index is 2.65. The Hall–Kier alpha value is -1.97. The fraction of sp³-hybridized carbons (Fsp3) is 0.400. The van der Waals surface area contributed by atoms with Crippen molar-refractivity contribution in [3.05, 3.63) is 40.7 Å². The molecule has 4 heteroatoms. The van der Waals surface area contributed by atoms with Crippen LogP contribution in [0.15, 0.2) is 35.1 Å². The summed E-state index contributed by atoms with van der Waals surface area (Å²) in [6, 6.07) is 9.88. The van der Waals surface area contributed by atoms with Gasteiger partial charge in [0.25, 0.3) is 5.56 Å². The molecule has 2 aromatic rings. The highest BCUT2D eigenvalue weighted by Gasteiger charge is 2.17. The highest BCUT2D eigenvalue weighted by Crippen LogP contribution is 2.24. The highest BCUT2D eigenvalue weighted by molar-refractivity contribution is 5.72. The maximum atomic E-state index is 12.3. The molecule has 0 aliphatic rings. The quantitative estimate of drug-likeness (QED) is 0.897. The first kappa shape index (κ1) is 13.5. The Kier molecular flexibility index (Phi) is 4.10. The van der Waals surface area contributed by atoms with E-state index in [9.17, 15) is 4.79 Å². The molecule has 0 amide bonds. The van der Waals surface area contributed by atoms with Crippen molar-refractivity contribution < 1.29 is 0 Å². The monoisotopic (exact) mass is 259 g/mol. The van der Waals surface area contributed by atoms with E-state index in [1.807, 2.05) is 35.0 Å². The van der Waals surface area contributed by atoms with Crippen LogP contribution in [-0.2, 0) is 13.1 Å². The Labute approximate surface area is 113 Å². The Morgan fingerprint density at radius 1 is 1.00 bits per heavy atom. The van der Waals surface area contributed by atoms with E-state index in [1.165, 1.54) is 0 Å². The largest absolute Gasteiger partial charge is 0.392 e. The van der Waals surface area contributed by atoms with Gasteiger partial charge in [-0.15, -0.1) is 0 Å². The van der Waals surface area contributed by atoms with Crippen molar-refractivity contribution in [1.29, 1.82) is 0 Å². The lowest BCUT2D eigenvalue weighted by Crippen LogP contribution is -2.24. The molecular formula is C15H21N3O. The topological polar surface area (TPSA) is 52.9 Å². The maximum absolute atomic E-state index is 12.3. The lowest BCUT2D eigenvalue weighted by atomic mass is 10.1. The summed E-state index contributed by atoms with van der Waals surface area (Å²) in [5.41, 5.74) is 8.17. The average molecular weight is 259 g/mol. The molecule has 1 heterocycles. The van der Waals surface area contributed by atoms with Crippen LogP contribution in [0.5, 0.6) is 0 Å². The lowest BCUT2D eigenvalue weighted by molar-refractivity contribution is 0.440. The van der Waals surface area contributed by atoms with Crippen molar-refractivity contribution in [3.8, 4) is 11.3 Å². The molecule has 0 bridgehead atoms. The molecule has 0 atom stereocenters. The van der Waals surface area contributed by atoms with Gasteiger partial charge >= 0.3 is 0 Å². The van der Waals surface area contributed by atoms with Gasteiger partial charge in [-0.2, -0.15) is 0 Å². The summed E-state index contributed by atoms with van der Waals surface area (Å²) in [5, 5.41) is 0. The third-order valence-corrected chi connectivity index (χ3v) is 3.19. The SMILES string of the molecule is CCCn1c(-c2ccccc2)c(N)c(=O)n1CCC. The molecule has 0 aliphatic heterocycles. The Morgan fingerprint density at radius 3 is 2.16 bits per heavy atom. The molecule has 102 valence electrons. The van der Waals surface area contributed by atoms with Gasteiger partial charge in [0, 0.05) is 18.7 Å². The van der Waals surface area contributed by atoms with Crippen LogP contribution < -0.4 is 11.3 Å². The molecule has 0 saturated heterocycles. The van der Waals surface area contributed by atoms with E-state index in [-0.39, 0.29) is 5.56 Å². The van der Waals surface area contributed by atoms with Crippen molar-refractivity contribution in [2.75, 3.05) is 5.73 Å². The van der Waals surface area contributed by atoms with Crippen LogP contribution in [0, 0.1) is 0 Å². The van der Waals surface area contributed by atoms with E-state index in [0.29, 0.717) is 12.2 Å². The van der Waals surface area contributed by atoms with Crippen molar-refractivity contribution >= 4 is 5.69 Å². The molecule has 0 unspecified atom stereocenters. The number of benzene rings is 1. The van der Waals surface area contributed by atoms with Gasteiger partial charge in [-0.3, -0.25) is 9.48 Å². The fourth-order valence-corrected chi connectivity index (χ4v) is 2.39. The molecule has 0 fully saturated rings. The van der Waals surface area contributed by atoms with Crippen LogP contribution >= 0.6 is 0 Å². The number of hydrogen-bond acceptors (Lipinski definition) is 2. The molecular weight excluding hydrogens is 238 g/mol. The molecule has 0 saturated carbocycles. The van der Waals surface area contributed by atoms with Crippen LogP contribution in [0.25, 0.3) is 11.3 Å². The molecule has 2 rings (SSSR count). The van der Waals surface area contributed by atoms with E-state index in [1.54, 1.807) is 4.68 Å². The number of nitrogen functional groups attached to an aromatic ring is 1. The second kappa shape index (κ2) is 5.78. The lowest BCUT2D eigenvalue weighted by Gasteiger charge is -2.13. The van der Waals surface area contributed by atoms with E-state index in [0.717, 1.165) is 30.6 Å². The van der Waals surface area contributed by atoms with Gasteiger partial charge in [0.2, 0.25) is 0 Å². The molecule has 2 N–H and O–H groups in total. The van der Waals surface area contributed by atoms with Gasteiger partial charge < -0.3 is 5.73 Å². The van der Waals surface area contributed by atoms with Crippen molar-refractivity contribution in [1.82, 2.24) is 9.36 Å². The summed E-state index contributed by atoms with van der Waals surface area (Å²) >= 11 is 0. The first-order valence-electron chi connectivity index (χ1n) is 6.85. The zero-order chi connectivity index (χ0) is 13.8. The fourth-order valence-electron chi connectivity index (χ4n) is 2.39. The minimum atomic E-state index is -0.0749. The van der Waals surface area contributed by atoms with Gasteiger partial charge in [0.15, 0.2) is 0 Å². The molecule has 4 nitrogen and oxygen atoms in total. The zero-order valence-corrected chi connectivity index (χ0v) is 11.6. The smallest absolute Gasteiger partial charge is 0.290 e. The summed E-state index contributed by atoms with van der Waals surface area (Å²) in [6.45, 7) is 5.67. The number of aromatic nitrogens is 2. The second-order valence-corrected chi connectivity index (χ2v) is 4.68. The van der Waals surface area contributed by atoms with Crippen LogP contribution in [0.1, 0.15) is 26.7 Å². The van der Waals surface area contributed by atoms with Crippen molar-refractivity contribution in [3.63, 3.8) is 0 Å². The number of hydrogen-bond donors (Lipinski definition) is 1. The Bertz CT molecular complexity index is 596. The predicted molar refractivity (Wildman–Crippen MR) is 79.1 cm³/mol. The normalized spacial score (nSPS) is 10.8. The first-order valence-corrected chi connectivity index (χ1v) is 6.85. The summed E-state index contributed by atoms with van der Waals surface area (Å²) in [6.07, 6.45) is 1.89. The van der Waals surface area contributed by atoms with Crippen molar-refractivity contribution in [2.45, 2.75) is 39.8 Å². The molecule has 0 aliphatic carbocycles. The third-order valence-electron chi connectivity index (χ3n) is 3.19. The highest BCUT2D eigenvalue weighted by atomic mass is 16.1. The standard InChI is InChI=1S/C15H21N3O/c1-3-10-17-14(12-8-6-5-7-9-12)13(16)15(19)18(17)11-4-2/h5-9H,3-4,10-11,16H2,1-2H3. The second-order valence-electron chi connectivity index (χ2n) is 4.68.